The van der Waals surface area contributed by atoms with Crippen LogP contribution in [-0.4, -0.2) is 23.1 Å². The number of aryl methyl sites for hydroxylation is 1. The van der Waals surface area contributed by atoms with Crippen LogP contribution < -0.4 is 15.5 Å². The number of aromatic nitrogens is 2. The van der Waals surface area contributed by atoms with Crippen molar-refractivity contribution in [2.24, 2.45) is 0 Å². The van der Waals surface area contributed by atoms with Crippen LogP contribution in [0.25, 0.3) is 0 Å². The lowest BCUT2D eigenvalue weighted by Gasteiger charge is -2.18. The maximum atomic E-state index is 4.60. The van der Waals surface area contributed by atoms with E-state index >= 15 is 0 Å². The molecule has 0 atom stereocenters. The molecule has 0 unspecified atom stereocenters. The maximum absolute atomic E-state index is 4.60. The summed E-state index contributed by atoms with van der Waals surface area (Å²) in [6.07, 6.45) is 2.58. The summed E-state index contributed by atoms with van der Waals surface area (Å²) in [5, 5.41) is 6.70. The number of nitrogens with zero attached hydrogens (tertiary/aromatic N) is 3. The molecule has 4 rings (SSSR count). The van der Waals surface area contributed by atoms with Crippen molar-refractivity contribution in [1.29, 1.82) is 0 Å². The highest BCUT2D eigenvalue weighted by atomic mass is 15.2. The number of rotatable bonds is 6. The smallest absolute Gasteiger partial charge is 0.229 e. The van der Waals surface area contributed by atoms with E-state index in [0.29, 0.717) is 5.95 Å². The molecular formula is C22H25N5. The van der Waals surface area contributed by atoms with E-state index < -0.39 is 0 Å². The van der Waals surface area contributed by atoms with Gasteiger partial charge >= 0.3 is 0 Å². The molecule has 27 heavy (non-hydrogen) atoms. The highest BCUT2D eigenvalue weighted by Crippen LogP contribution is 2.23. The Morgan fingerprint density at radius 2 is 1.67 bits per heavy atom. The number of hydrogen-bond acceptors (Lipinski definition) is 5. The van der Waals surface area contributed by atoms with Gasteiger partial charge in [0.2, 0.25) is 5.95 Å². The number of anilines is 4. The molecule has 2 N–H and O–H groups in total. The van der Waals surface area contributed by atoms with Gasteiger partial charge in [-0.15, -0.1) is 0 Å². The van der Waals surface area contributed by atoms with Gasteiger partial charge in [-0.3, -0.25) is 0 Å². The summed E-state index contributed by atoms with van der Waals surface area (Å²) in [6.45, 7) is 5.03. The van der Waals surface area contributed by atoms with Crippen LogP contribution in [0.3, 0.4) is 0 Å². The zero-order chi connectivity index (χ0) is 18.5. The summed E-state index contributed by atoms with van der Waals surface area (Å²) in [5.41, 5.74) is 4.43. The minimum atomic E-state index is 0.611. The third kappa shape index (κ3) is 4.56. The summed E-state index contributed by atoms with van der Waals surface area (Å²) in [5.74, 6) is 1.43. The second-order valence-corrected chi connectivity index (χ2v) is 6.92. The molecular weight excluding hydrogens is 334 g/mol. The Kier molecular flexibility index (Phi) is 5.19. The molecule has 3 aromatic rings. The fraction of sp³-hybridized carbons (Fsp3) is 0.273. The maximum Gasteiger partial charge on any atom is 0.229 e. The van der Waals surface area contributed by atoms with E-state index in [-0.39, 0.29) is 0 Å². The number of hydrogen-bond donors (Lipinski definition) is 2. The largest absolute Gasteiger partial charge is 0.372 e. The predicted octanol–water partition coefficient (Wildman–Crippen LogP) is 4.74. The number of benzene rings is 2. The van der Waals surface area contributed by atoms with Crippen LogP contribution in [-0.2, 0) is 6.54 Å². The van der Waals surface area contributed by atoms with Crippen LogP contribution in [0.2, 0.25) is 0 Å². The Morgan fingerprint density at radius 1 is 0.926 bits per heavy atom. The van der Waals surface area contributed by atoms with E-state index in [1.54, 1.807) is 0 Å². The van der Waals surface area contributed by atoms with Crippen molar-refractivity contribution in [3.05, 3.63) is 71.9 Å². The minimum absolute atomic E-state index is 0.611. The molecule has 0 radical (unpaired) electrons. The van der Waals surface area contributed by atoms with Crippen LogP contribution in [0.4, 0.5) is 23.1 Å². The molecule has 5 heteroatoms. The van der Waals surface area contributed by atoms with Gasteiger partial charge in [-0.05, 0) is 49.6 Å². The number of nitrogens with one attached hydrogen (secondary N) is 2. The fourth-order valence-electron chi connectivity index (χ4n) is 3.36. The van der Waals surface area contributed by atoms with E-state index in [1.165, 1.54) is 24.1 Å². The molecule has 0 aliphatic carbocycles. The summed E-state index contributed by atoms with van der Waals surface area (Å²) in [4.78, 5) is 11.5. The Bertz CT molecular complexity index is 871. The SMILES string of the molecule is Cc1cc(NCc2ccccc2)nc(Nc2ccc(N3CCCC3)cc2)n1. The fourth-order valence-corrected chi connectivity index (χ4v) is 3.36. The van der Waals surface area contributed by atoms with Crippen LogP contribution in [0.5, 0.6) is 0 Å². The molecule has 2 heterocycles. The van der Waals surface area contributed by atoms with Crippen molar-refractivity contribution in [2.45, 2.75) is 26.3 Å². The Morgan fingerprint density at radius 3 is 2.41 bits per heavy atom. The van der Waals surface area contributed by atoms with Crippen molar-refractivity contribution in [3.8, 4) is 0 Å². The van der Waals surface area contributed by atoms with Crippen LogP contribution in [0.15, 0.2) is 60.7 Å². The Labute approximate surface area is 160 Å². The van der Waals surface area contributed by atoms with E-state index in [9.17, 15) is 0 Å². The predicted molar refractivity (Wildman–Crippen MR) is 112 cm³/mol. The van der Waals surface area contributed by atoms with Gasteiger partial charge in [-0.25, -0.2) is 4.98 Å². The standard InChI is InChI=1S/C22H25N5/c1-17-15-21(23-16-18-7-3-2-4-8-18)26-22(24-17)25-19-9-11-20(12-10-19)27-13-5-6-14-27/h2-4,7-12,15H,5-6,13-14,16H2,1H3,(H2,23,24,25,26). The molecule has 1 aliphatic heterocycles. The molecule has 5 nitrogen and oxygen atoms in total. The summed E-state index contributed by atoms with van der Waals surface area (Å²) in [6, 6.07) is 20.8. The van der Waals surface area contributed by atoms with Crippen LogP contribution in [0.1, 0.15) is 24.1 Å². The third-order valence-electron chi connectivity index (χ3n) is 4.77. The lowest BCUT2D eigenvalue weighted by molar-refractivity contribution is 0.949. The molecule has 0 bridgehead atoms. The topological polar surface area (TPSA) is 53.1 Å². The lowest BCUT2D eigenvalue weighted by Crippen LogP contribution is -2.17. The van der Waals surface area contributed by atoms with Crippen molar-refractivity contribution >= 4 is 23.1 Å². The molecule has 1 aromatic heterocycles. The van der Waals surface area contributed by atoms with Gasteiger partial charge in [0.25, 0.3) is 0 Å². The molecule has 1 fully saturated rings. The Balaban J connectivity index is 1.43. The van der Waals surface area contributed by atoms with Crippen molar-refractivity contribution in [3.63, 3.8) is 0 Å². The molecule has 1 aliphatic rings. The van der Waals surface area contributed by atoms with Gasteiger partial charge < -0.3 is 15.5 Å². The van der Waals surface area contributed by atoms with Crippen molar-refractivity contribution < 1.29 is 0 Å². The molecule has 1 saturated heterocycles. The minimum Gasteiger partial charge on any atom is -0.372 e. The first-order valence-electron chi connectivity index (χ1n) is 9.52. The van der Waals surface area contributed by atoms with Gasteiger partial charge in [0.05, 0.1) is 0 Å². The van der Waals surface area contributed by atoms with Gasteiger partial charge in [0, 0.05) is 42.8 Å². The van der Waals surface area contributed by atoms with Gasteiger partial charge in [-0.1, -0.05) is 30.3 Å². The summed E-state index contributed by atoms with van der Waals surface area (Å²) < 4.78 is 0. The average molecular weight is 359 g/mol. The highest BCUT2D eigenvalue weighted by molar-refractivity contribution is 5.60. The van der Waals surface area contributed by atoms with Crippen LogP contribution >= 0.6 is 0 Å². The molecule has 0 saturated carbocycles. The monoisotopic (exact) mass is 359 g/mol. The zero-order valence-electron chi connectivity index (χ0n) is 15.7. The molecule has 0 spiro atoms. The average Bonchev–Trinajstić information content (AvgIpc) is 3.22. The van der Waals surface area contributed by atoms with Gasteiger partial charge in [-0.2, -0.15) is 4.98 Å². The summed E-state index contributed by atoms with van der Waals surface area (Å²) in [7, 11) is 0. The van der Waals surface area contributed by atoms with Crippen molar-refractivity contribution in [1.82, 2.24) is 9.97 Å². The first-order valence-corrected chi connectivity index (χ1v) is 9.52. The van der Waals surface area contributed by atoms with E-state index in [4.69, 9.17) is 0 Å². The van der Waals surface area contributed by atoms with E-state index in [2.05, 4.69) is 61.9 Å². The van der Waals surface area contributed by atoms with Gasteiger partial charge in [0.15, 0.2) is 0 Å². The van der Waals surface area contributed by atoms with Crippen LogP contribution in [0, 0.1) is 6.92 Å². The summed E-state index contributed by atoms with van der Waals surface area (Å²) >= 11 is 0. The Hall–Kier alpha value is -3.08. The zero-order valence-corrected chi connectivity index (χ0v) is 15.7. The third-order valence-corrected chi connectivity index (χ3v) is 4.77. The molecule has 2 aromatic carbocycles. The van der Waals surface area contributed by atoms with E-state index in [1.807, 2.05) is 31.2 Å². The molecule has 138 valence electrons. The van der Waals surface area contributed by atoms with Gasteiger partial charge in [0.1, 0.15) is 5.82 Å². The van der Waals surface area contributed by atoms with Crippen molar-refractivity contribution in [2.75, 3.05) is 28.6 Å². The first-order chi connectivity index (χ1) is 13.3. The normalized spacial score (nSPS) is 13.6. The van der Waals surface area contributed by atoms with E-state index in [0.717, 1.165) is 36.8 Å². The highest BCUT2D eigenvalue weighted by Gasteiger charge is 2.12. The molecule has 0 amide bonds. The quantitative estimate of drug-likeness (QED) is 0.666. The first kappa shape index (κ1) is 17.3. The second-order valence-electron chi connectivity index (χ2n) is 6.92. The lowest BCUT2D eigenvalue weighted by atomic mass is 10.2. The second kappa shape index (κ2) is 8.08.